The summed E-state index contributed by atoms with van der Waals surface area (Å²) in [5.41, 5.74) is 4.48. The monoisotopic (exact) mass is 563 g/mol. The van der Waals surface area contributed by atoms with E-state index < -0.39 is 0 Å². The minimum absolute atomic E-state index is 0. The fourth-order valence-corrected chi connectivity index (χ4v) is 4.55. The highest BCUT2D eigenvalue weighted by molar-refractivity contribution is 5.86. The lowest BCUT2D eigenvalue weighted by atomic mass is 9.95. The van der Waals surface area contributed by atoms with Crippen LogP contribution in [0.2, 0.25) is 0 Å². The van der Waals surface area contributed by atoms with Gasteiger partial charge in [0.1, 0.15) is 5.65 Å². The molecule has 3 N–H and O–H groups in total. The van der Waals surface area contributed by atoms with Gasteiger partial charge in [-0.1, -0.05) is 55.7 Å². The molecule has 1 aliphatic rings. The Balaban J connectivity index is 0.00000289. The quantitative estimate of drug-likeness (QED) is 0.234. The molecular weight excluding hydrogens is 524 g/mol. The fourth-order valence-electron chi connectivity index (χ4n) is 4.55. The SMILES string of the molecule is Cl.Cl.Cl.Cl.c1ccc(-c2nc3ccccn3c2CNCCCCNCCNC2CCCCC2)cc1. The molecular formula is C26H41Cl4N5. The van der Waals surface area contributed by atoms with Crippen molar-refractivity contribution >= 4 is 55.3 Å². The summed E-state index contributed by atoms with van der Waals surface area (Å²) in [6, 6.07) is 17.4. The number of unbranched alkanes of at least 4 members (excludes halogenated alkanes) is 1. The summed E-state index contributed by atoms with van der Waals surface area (Å²) < 4.78 is 2.20. The number of rotatable bonds is 12. The number of hydrogen-bond acceptors (Lipinski definition) is 4. The first-order valence-corrected chi connectivity index (χ1v) is 12.1. The van der Waals surface area contributed by atoms with Crippen molar-refractivity contribution in [1.29, 1.82) is 0 Å². The molecule has 2 aromatic heterocycles. The molecule has 0 spiro atoms. The smallest absolute Gasteiger partial charge is 0.137 e. The Morgan fingerprint density at radius 3 is 2.17 bits per heavy atom. The number of aromatic nitrogens is 2. The molecule has 1 fully saturated rings. The van der Waals surface area contributed by atoms with Crippen LogP contribution in [0.4, 0.5) is 0 Å². The zero-order valence-electron chi connectivity index (χ0n) is 20.3. The second-order valence-corrected chi connectivity index (χ2v) is 8.62. The molecule has 35 heavy (non-hydrogen) atoms. The molecule has 0 atom stereocenters. The van der Waals surface area contributed by atoms with Crippen LogP contribution in [0.3, 0.4) is 0 Å². The number of nitrogens with one attached hydrogen (secondary N) is 3. The maximum absolute atomic E-state index is 4.88. The van der Waals surface area contributed by atoms with Gasteiger partial charge in [-0.25, -0.2) is 4.98 Å². The summed E-state index contributed by atoms with van der Waals surface area (Å²) in [6.45, 7) is 5.12. The summed E-state index contributed by atoms with van der Waals surface area (Å²) in [6.07, 6.45) is 11.5. The Morgan fingerprint density at radius 1 is 0.743 bits per heavy atom. The van der Waals surface area contributed by atoms with Gasteiger partial charge >= 0.3 is 0 Å². The summed E-state index contributed by atoms with van der Waals surface area (Å²) in [7, 11) is 0. The van der Waals surface area contributed by atoms with E-state index in [0.29, 0.717) is 0 Å². The largest absolute Gasteiger partial charge is 0.315 e. The average Bonchev–Trinajstić information content (AvgIpc) is 3.20. The van der Waals surface area contributed by atoms with Gasteiger partial charge in [-0.3, -0.25) is 0 Å². The summed E-state index contributed by atoms with van der Waals surface area (Å²) in [5, 5.41) is 10.9. The Kier molecular flexibility index (Phi) is 18.5. The molecule has 198 valence electrons. The van der Waals surface area contributed by atoms with Crippen LogP contribution in [0.15, 0.2) is 54.7 Å². The molecule has 0 amide bonds. The van der Waals surface area contributed by atoms with Crippen LogP contribution >= 0.6 is 49.6 Å². The molecule has 0 radical (unpaired) electrons. The van der Waals surface area contributed by atoms with Gasteiger partial charge in [-0.05, 0) is 50.9 Å². The van der Waals surface area contributed by atoms with Crippen LogP contribution in [0.1, 0.15) is 50.6 Å². The van der Waals surface area contributed by atoms with Crippen molar-refractivity contribution in [2.45, 2.75) is 57.5 Å². The van der Waals surface area contributed by atoms with Crippen molar-refractivity contribution in [3.05, 3.63) is 60.4 Å². The highest BCUT2D eigenvalue weighted by Gasteiger charge is 2.13. The molecule has 0 aliphatic heterocycles. The third-order valence-corrected chi connectivity index (χ3v) is 6.27. The van der Waals surface area contributed by atoms with Gasteiger partial charge in [-0.15, -0.1) is 49.6 Å². The third kappa shape index (κ3) is 10.5. The molecule has 0 bridgehead atoms. The summed E-state index contributed by atoms with van der Waals surface area (Å²) >= 11 is 0. The molecule has 5 nitrogen and oxygen atoms in total. The highest BCUT2D eigenvalue weighted by atomic mass is 35.5. The number of nitrogens with zero attached hydrogens (tertiary/aromatic N) is 2. The van der Waals surface area contributed by atoms with Crippen molar-refractivity contribution in [2.24, 2.45) is 0 Å². The first kappa shape index (κ1) is 34.0. The van der Waals surface area contributed by atoms with Crippen molar-refractivity contribution < 1.29 is 0 Å². The van der Waals surface area contributed by atoms with E-state index in [2.05, 4.69) is 69.0 Å². The Morgan fingerprint density at radius 2 is 1.43 bits per heavy atom. The number of imidazole rings is 1. The predicted molar refractivity (Wildman–Crippen MR) is 158 cm³/mol. The summed E-state index contributed by atoms with van der Waals surface area (Å²) in [4.78, 5) is 4.88. The first-order valence-electron chi connectivity index (χ1n) is 12.1. The topological polar surface area (TPSA) is 53.4 Å². The van der Waals surface area contributed by atoms with Crippen molar-refractivity contribution in [2.75, 3.05) is 26.2 Å². The van der Waals surface area contributed by atoms with Crippen molar-refractivity contribution in [3.8, 4) is 11.3 Å². The molecule has 3 aromatic rings. The van der Waals surface area contributed by atoms with Crippen LogP contribution in [-0.4, -0.2) is 41.6 Å². The molecule has 1 saturated carbocycles. The highest BCUT2D eigenvalue weighted by Crippen LogP contribution is 2.24. The molecule has 1 aromatic carbocycles. The van der Waals surface area contributed by atoms with Crippen LogP contribution in [-0.2, 0) is 6.54 Å². The maximum Gasteiger partial charge on any atom is 0.137 e. The molecule has 0 unspecified atom stereocenters. The Labute approximate surface area is 235 Å². The number of hydrogen-bond donors (Lipinski definition) is 3. The van der Waals surface area contributed by atoms with Gasteiger partial charge < -0.3 is 20.4 Å². The second kappa shape index (κ2) is 19.1. The molecule has 9 heteroatoms. The van der Waals surface area contributed by atoms with E-state index in [0.717, 1.165) is 50.1 Å². The van der Waals surface area contributed by atoms with Gasteiger partial charge in [0.05, 0.1) is 11.4 Å². The number of pyridine rings is 1. The van der Waals surface area contributed by atoms with Gasteiger partial charge in [0.25, 0.3) is 0 Å². The van der Waals surface area contributed by atoms with E-state index in [4.69, 9.17) is 4.98 Å². The minimum Gasteiger partial charge on any atom is -0.315 e. The fraction of sp³-hybridized carbons (Fsp3) is 0.500. The predicted octanol–water partition coefficient (Wildman–Crippen LogP) is 6.07. The van der Waals surface area contributed by atoms with Gasteiger partial charge in [0.15, 0.2) is 0 Å². The van der Waals surface area contributed by atoms with Crippen LogP contribution in [0, 0.1) is 0 Å². The van der Waals surface area contributed by atoms with Crippen molar-refractivity contribution in [3.63, 3.8) is 0 Å². The zero-order valence-corrected chi connectivity index (χ0v) is 23.6. The second-order valence-electron chi connectivity index (χ2n) is 8.62. The first-order chi connectivity index (χ1) is 15.4. The maximum atomic E-state index is 4.88. The van der Waals surface area contributed by atoms with E-state index in [1.165, 1.54) is 56.2 Å². The minimum atomic E-state index is 0. The van der Waals surface area contributed by atoms with Crippen LogP contribution in [0.25, 0.3) is 16.9 Å². The number of fused-ring (bicyclic) bond motifs is 1. The molecule has 4 rings (SSSR count). The van der Waals surface area contributed by atoms with E-state index in [1.807, 2.05) is 6.07 Å². The Hall–Kier alpha value is -1.05. The normalized spacial score (nSPS) is 13.3. The third-order valence-electron chi connectivity index (χ3n) is 6.27. The van der Waals surface area contributed by atoms with E-state index in [9.17, 15) is 0 Å². The Bertz CT molecular complexity index is 917. The lowest BCUT2D eigenvalue weighted by molar-refractivity contribution is 0.372. The van der Waals surface area contributed by atoms with Crippen molar-refractivity contribution in [1.82, 2.24) is 25.3 Å². The lowest BCUT2D eigenvalue weighted by Crippen LogP contribution is -2.36. The average molecular weight is 565 g/mol. The lowest BCUT2D eigenvalue weighted by Gasteiger charge is -2.22. The van der Waals surface area contributed by atoms with E-state index in [1.54, 1.807) is 0 Å². The number of benzene rings is 1. The van der Waals surface area contributed by atoms with Crippen LogP contribution in [0.5, 0.6) is 0 Å². The molecule has 2 heterocycles. The van der Waals surface area contributed by atoms with Gasteiger partial charge in [0.2, 0.25) is 0 Å². The van der Waals surface area contributed by atoms with Gasteiger partial charge in [0, 0.05) is 37.4 Å². The standard InChI is InChI=1S/C26H37N5.4ClH/c1-3-11-22(12-4-1)26-24(31-20-10-7-15-25(31)30-26)21-28-17-9-8-16-27-18-19-29-23-13-5-2-6-14-23;;;;/h1,3-4,7,10-12,15,20,23,27-29H,2,5-6,8-9,13-14,16-19,21H2;4*1H. The molecule has 0 saturated heterocycles. The zero-order chi connectivity index (χ0) is 21.1. The van der Waals surface area contributed by atoms with Gasteiger partial charge in [-0.2, -0.15) is 0 Å². The van der Waals surface area contributed by atoms with E-state index in [-0.39, 0.29) is 49.6 Å². The molecule has 1 aliphatic carbocycles. The van der Waals surface area contributed by atoms with Crippen LogP contribution < -0.4 is 16.0 Å². The van der Waals surface area contributed by atoms with E-state index >= 15 is 0 Å². The number of halogens is 4. The summed E-state index contributed by atoms with van der Waals surface area (Å²) in [5.74, 6) is 0.